The molecule has 0 aromatic rings. The lowest BCUT2D eigenvalue weighted by Crippen LogP contribution is -2.61. The zero-order chi connectivity index (χ0) is 15.7. The molecule has 1 fully saturated rings. The molecule has 1 heterocycles. The molecule has 0 aromatic heterocycles. The minimum absolute atomic E-state index is 0.887. The van der Waals surface area contributed by atoms with Crippen molar-refractivity contribution in [3.63, 3.8) is 0 Å². The molecule has 1 aliphatic rings. The fourth-order valence-electron chi connectivity index (χ4n) is 1.55. The number of rotatable bonds is 5. The number of aliphatic hydroxyl groups is 3. The highest BCUT2D eigenvalue weighted by Crippen LogP contribution is 2.26. The van der Waals surface area contributed by atoms with Crippen LogP contribution in [0, 0.1) is 0 Å². The highest BCUT2D eigenvalue weighted by atomic mass is 32.3. The lowest BCUT2D eigenvalue weighted by molar-refractivity contribution is -0.276. The van der Waals surface area contributed by atoms with Gasteiger partial charge in [0.15, 0.2) is 12.4 Å². The number of ether oxygens (including phenoxy) is 1. The largest absolute Gasteiger partial charge is 0.397 e. The van der Waals surface area contributed by atoms with E-state index < -0.39 is 58.1 Å². The Kier molecular flexibility index (Phi) is 5.41. The molecule has 0 spiro atoms. The van der Waals surface area contributed by atoms with Crippen LogP contribution in [-0.2, 0) is 33.9 Å². The maximum atomic E-state index is 10.6. The van der Waals surface area contributed by atoms with Crippen LogP contribution in [0.4, 0.5) is 0 Å². The minimum atomic E-state index is -5.16. The summed E-state index contributed by atoms with van der Waals surface area (Å²) in [5.41, 5.74) is 0. The Bertz CT molecular complexity index is 524. The Morgan fingerprint density at radius 3 is 1.80 bits per heavy atom. The molecule has 12 nitrogen and oxygen atoms in total. The second-order valence-electron chi connectivity index (χ2n) is 3.72. The van der Waals surface area contributed by atoms with Crippen molar-refractivity contribution in [2.75, 3.05) is 6.61 Å². The van der Waals surface area contributed by atoms with Gasteiger partial charge in [-0.15, -0.1) is 0 Å². The Hall–Kier alpha value is -0.420. The molecule has 0 amide bonds. The van der Waals surface area contributed by atoms with E-state index in [0.717, 1.165) is 0 Å². The fourth-order valence-corrected chi connectivity index (χ4v) is 2.54. The third-order valence-electron chi connectivity index (χ3n) is 2.28. The van der Waals surface area contributed by atoms with Gasteiger partial charge in [-0.1, -0.05) is 0 Å². The zero-order valence-corrected chi connectivity index (χ0v) is 11.1. The van der Waals surface area contributed by atoms with E-state index in [-0.39, 0.29) is 0 Å². The monoisotopic (exact) mass is 340 g/mol. The summed E-state index contributed by atoms with van der Waals surface area (Å²) in [6.07, 6.45) is -10.1. The summed E-state index contributed by atoms with van der Waals surface area (Å²) < 4.78 is 71.9. The first-order chi connectivity index (χ1) is 8.94. The molecule has 20 heavy (non-hydrogen) atoms. The molecule has 5 atom stereocenters. The first-order valence-electron chi connectivity index (χ1n) is 4.88. The van der Waals surface area contributed by atoms with Gasteiger partial charge in [0.2, 0.25) is 0 Å². The predicted molar refractivity (Wildman–Crippen MR) is 56.8 cm³/mol. The van der Waals surface area contributed by atoms with E-state index in [1.807, 2.05) is 0 Å². The van der Waals surface area contributed by atoms with Crippen molar-refractivity contribution in [2.45, 2.75) is 30.7 Å². The molecule has 14 heteroatoms. The van der Waals surface area contributed by atoms with Gasteiger partial charge in [0.25, 0.3) is 0 Å². The Morgan fingerprint density at radius 1 is 0.950 bits per heavy atom. The number of aliphatic hydroxyl groups excluding tert-OH is 3. The van der Waals surface area contributed by atoms with Crippen LogP contribution < -0.4 is 0 Å². The van der Waals surface area contributed by atoms with Crippen molar-refractivity contribution in [3.05, 3.63) is 0 Å². The van der Waals surface area contributed by atoms with Gasteiger partial charge in [-0.2, -0.15) is 16.8 Å². The van der Waals surface area contributed by atoms with Crippen LogP contribution in [0.15, 0.2) is 0 Å². The van der Waals surface area contributed by atoms with Crippen LogP contribution in [0.2, 0.25) is 0 Å². The smallest absolute Gasteiger partial charge is 0.394 e. The second kappa shape index (κ2) is 6.14. The van der Waals surface area contributed by atoms with E-state index in [9.17, 15) is 27.0 Å². The summed E-state index contributed by atoms with van der Waals surface area (Å²) in [5, 5.41) is 27.9. The summed E-state index contributed by atoms with van der Waals surface area (Å²) in [4.78, 5) is 0. The summed E-state index contributed by atoms with van der Waals surface area (Å²) in [6, 6.07) is 0. The van der Waals surface area contributed by atoms with E-state index in [1.54, 1.807) is 0 Å². The molecular formula is C6H12O12S2. The van der Waals surface area contributed by atoms with Crippen LogP contribution in [-0.4, -0.2) is 78.6 Å². The molecule has 1 aliphatic heterocycles. The Balaban J connectivity index is 3.09. The number of hydrogen-bond acceptors (Lipinski definition) is 10. The van der Waals surface area contributed by atoms with Crippen LogP contribution in [0.25, 0.3) is 0 Å². The van der Waals surface area contributed by atoms with Crippen LogP contribution >= 0.6 is 0 Å². The van der Waals surface area contributed by atoms with Gasteiger partial charge in [-0.25, -0.2) is 8.37 Å². The topological polar surface area (TPSA) is 197 Å². The third kappa shape index (κ3) is 4.85. The summed E-state index contributed by atoms with van der Waals surface area (Å²) in [6.45, 7) is -0.887. The van der Waals surface area contributed by atoms with Gasteiger partial charge < -0.3 is 20.1 Å². The second-order valence-corrected chi connectivity index (χ2v) is 5.81. The number of hydrogen-bond donors (Lipinski definition) is 5. The van der Waals surface area contributed by atoms with Crippen molar-refractivity contribution < 1.29 is 54.4 Å². The van der Waals surface area contributed by atoms with Crippen molar-refractivity contribution in [1.82, 2.24) is 0 Å². The Labute approximate surface area is 113 Å². The summed E-state index contributed by atoms with van der Waals surface area (Å²) in [5.74, 6) is 0. The maximum Gasteiger partial charge on any atom is 0.397 e. The van der Waals surface area contributed by atoms with Crippen molar-refractivity contribution in [2.24, 2.45) is 0 Å². The fraction of sp³-hybridized carbons (Fsp3) is 1.00. The quantitative estimate of drug-likeness (QED) is 0.309. The molecular weight excluding hydrogens is 328 g/mol. The molecule has 0 aliphatic carbocycles. The van der Waals surface area contributed by atoms with Gasteiger partial charge >= 0.3 is 20.8 Å². The molecule has 0 aromatic carbocycles. The van der Waals surface area contributed by atoms with Gasteiger partial charge in [0.05, 0.1) is 6.61 Å². The Morgan fingerprint density at radius 2 is 1.40 bits per heavy atom. The SMILES string of the molecule is O=S(=O)(O)OC1C(O)OC(CO)C(O)C1OS(=O)(=O)O. The molecule has 5 N–H and O–H groups in total. The third-order valence-corrected chi connectivity index (χ3v) is 3.21. The van der Waals surface area contributed by atoms with Gasteiger partial charge in [-0.3, -0.25) is 9.11 Å². The van der Waals surface area contributed by atoms with E-state index in [0.29, 0.717) is 0 Å². The van der Waals surface area contributed by atoms with E-state index in [1.165, 1.54) is 0 Å². The van der Waals surface area contributed by atoms with E-state index in [4.69, 9.17) is 14.2 Å². The molecule has 5 unspecified atom stereocenters. The van der Waals surface area contributed by atoms with Crippen molar-refractivity contribution in [1.29, 1.82) is 0 Å². The molecule has 0 radical (unpaired) electrons. The summed E-state index contributed by atoms with van der Waals surface area (Å²) in [7, 11) is -10.3. The standard InChI is InChI=1S/C6H12O12S2/c7-1-2-3(8)4(17-19(10,11)12)5(6(9)16-2)18-20(13,14)15/h2-9H,1H2,(H,10,11,12)(H,13,14,15). The predicted octanol–water partition coefficient (Wildman–Crippen LogP) is -3.57. The van der Waals surface area contributed by atoms with Crippen LogP contribution in [0.3, 0.4) is 0 Å². The molecule has 1 rings (SSSR count). The minimum Gasteiger partial charge on any atom is -0.394 e. The van der Waals surface area contributed by atoms with Crippen LogP contribution in [0.1, 0.15) is 0 Å². The zero-order valence-electron chi connectivity index (χ0n) is 9.50. The van der Waals surface area contributed by atoms with Gasteiger partial charge in [0, 0.05) is 0 Å². The van der Waals surface area contributed by atoms with Gasteiger partial charge in [-0.05, 0) is 0 Å². The first kappa shape index (κ1) is 17.6. The molecule has 120 valence electrons. The van der Waals surface area contributed by atoms with E-state index in [2.05, 4.69) is 13.1 Å². The lowest BCUT2D eigenvalue weighted by atomic mass is 9.99. The lowest BCUT2D eigenvalue weighted by Gasteiger charge is -2.39. The van der Waals surface area contributed by atoms with E-state index >= 15 is 0 Å². The van der Waals surface area contributed by atoms with Crippen molar-refractivity contribution in [3.8, 4) is 0 Å². The molecule has 0 saturated carbocycles. The molecule has 0 bridgehead atoms. The first-order valence-corrected chi connectivity index (χ1v) is 7.61. The molecule has 1 saturated heterocycles. The van der Waals surface area contributed by atoms with Crippen LogP contribution in [0.5, 0.6) is 0 Å². The highest BCUT2D eigenvalue weighted by Gasteiger charge is 2.49. The average molecular weight is 340 g/mol. The maximum absolute atomic E-state index is 10.6. The highest BCUT2D eigenvalue weighted by molar-refractivity contribution is 7.81. The van der Waals surface area contributed by atoms with Crippen molar-refractivity contribution >= 4 is 20.8 Å². The normalized spacial score (nSPS) is 36.0. The van der Waals surface area contributed by atoms with Gasteiger partial charge in [0.1, 0.15) is 18.3 Å². The average Bonchev–Trinajstić information content (AvgIpc) is 2.25. The summed E-state index contributed by atoms with van der Waals surface area (Å²) >= 11 is 0.